The Hall–Kier alpha value is -3.13. The summed E-state index contributed by atoms with van der Waals surface area (Å²) in [6.45, 7) is 2.21. The molecule has 1 N–H and O–H groups in total. The Bertz CT molecular complexity index is 1150. The van der Waals surface area contributed by atoms with Crippen molar-refractivity contribution >= 4 is 5.91 Å². The zero-order chi connectivity index (χ0) is 23.0. The van der Waals surface area contributed by atoms with E-state index in [1.165, 1.54) is 18.0 Å². The average Bonchev–Trinajstić information content (AvgIpc) is 3.46. The number of aromatic nitrogens is 3. The van der Waals surface area contributed by atoms with E-state index in [0.717, 1.165) is 31.5 Å². The summed E-state index contributed by atoms with van der Waals surface area (Å²) >= 11 is 0. The van der Waals surface area contributed by atoms with Gasteiger partial charge in [-0.2, -0.15) is 5.10 Å². The van der Waals surface area contributed by atoms with Gasteiger partial charge in [-0.15, -0.1) is 0 Å². The number of aliphatic hydroxyl groups excluding tert-OH is 1. The molecule has 1 unspecified atom stereocenters. The van der Waals surface area contributed by atoms with E-state index in [2.05, 4.69) is 10.1 Å². The maximum absolute atomic E-state index is 14.9. The zero-order valence-corrected chi connectivity index (χ0v) is 18.3. The Kier molecular flexibility index (Phi) is 6.06. The highest BCUT2D eigenvalue weighted by Gasteiger charge is 2.26. The summed E-state index contributed by atoms with van der Waals surface area (Å²) in [5.41, 5.74) is 2.19. The van der Waals surface area contributed by atoms with Gasteiger partial charge in [0.15, 0.2) is 5.69 Å². The van der Waals surface area contributed by atoms with Gasteiger partial charge < -0.3 is 10.0 Å². The monoisotopic (exact) mass is 440 g/mol. The Morgan fingerprint density at radius 1 is 1.28 bits per heavy atom. The topological polar surface area (TPSA) is 71.2 Å². The van der Waals surface area contributed by atoms with Crippen molar-refractivity contribution in [3.63, 3.8) is 0 Å². The third-order valence-corrected chi connectivity index (χ3v) is 5.63. The van der Waals surface area contributed by atoms with Crippen LogP contribution < -0.4 is 0 Å². The fourth-order valence-corrected chi connectivity index (χ4v) is 3.83. The summed E-state index contributed by atoms with van der Waals surface area (Å²) in [5.74, 6) is -1.19. The average molecular weight is 440 g/mol. The van der Waals surface area contributed by atoms with Gasteiger partial charge in [0.25, 0.3) is 5.91 Å². The van der Waals surface area contributed by atoms with E-state index in [1.807, 2.05) is 6.20 Å². The largest absolute Gasteiger partial charge is 0.389 e. The van der Waals surface area contributed by atoms with Gasteiger partial charge in [-0.05, 0) is 48.9 Å². The SMILES string of the molecule is CC(O)c1cc(F)cc(F)c1-c1ncccc1Cc1cn(CC2CC2)nc1C(=O)N(C)C. The standard InChI is InChI=1S/C24H26F2N4O2/c1-14(31)19-10-18(25)11-20(26)21(19)22-16(5-4-8-27-22)9-17-13-30(12-15-6-7-15)28-23(17)24(32)29(2)3/h4-5,8,10-11,13-15,31H,6-7,9,12H2,1-3H3. The van der Waals surface area contributed by atoms with Crippen LogP contribution in [0.25, 0.3) is 11.3 Å². The maximum atomic E-state index is 14.9. The molecule has 2 aromatic heterocycles. The lowest BCUT2D eigenvalue weighted by Crippen LogP contribution is -2.23. The van der Waals surface area contributed by atoms with Crippen molar-refractivity contribution in [2.75, 3.05) is 14.1 Å². The van der Waals surface area contributed by atoms with Crippen molar-refractivity contribution < 1.29 is 18.7 Å². The number of carbonyl (C=O) groups excluding carboxylic acids is 1. The fraction of sp³-hybridized carbons (Fsp3) is 0.375. The highest BCUT2D eigenvalue weighted by Crippen LogP contribution is 2.34. The lowest BCUT2D eigenvalue weighted by molar-refractivity contribution is 0.0820. The first-order valence-corrected chi connectivity index (χ1v) is 10.6. The molecule has 3 aromatic rings. The number of amides is 1. The number of aliphatic hydroxyl groups is 1. The molecule has 6 nitrogen and oxygen atoms in total. The minimum atomic E-state index is -1.09. The van der Waals surface area contributed by atoms with Gasteiger partial charge in [-0.1, -0.05) is 6.07 Å². The van der Waals surface area contributed by atoms with E-state index in [4.69, 9.17) is 0 Å². The van der Waals surface area contributed by atoms with Gasteiger partial charge in [0, 0.05) is 56.6 Å². The van der Waals surface area contributed by atoms with Gasteiger partial charge >= 0.3 is 0 Å². The Morgan fingerprint density at radius 2 is 2.03 bits per heavy atom. The quantitative estimate of drug-likeness (QED) is 0.603. The smallest absolute Gasteiger partial charge is 0.274 e. The normalized spacial score (nSPS) is 14.4. The van der Waals surface area contributed by atoms with Crippen molar-refractivity contribution in [1.29, 1.82) is 0 Å². The van der Waals surface area contributed by atoms with Crippen LogP contribution in [0.2, 0.25) is 0 Å². The van der Waals surface area contributed by atoms with Crippen molar-refractivity contribution in [1.82, 2.24) is 19.7 Å². The molecule has 168 valence electrons. The number of benzene rings is 1. The van der Waals surface area contributed by atoms with Crippen LogP contribution in [0, 0.1) is 17.6 Å². The highest BCUT2D eigenvalue weighted by molar-refractivity contribution is 5.93. The van der Waals surface area contributed by atoms with Gasteiger partial charge in [-0.25, -0.2) is 8.78 Å². The predicted octanol–water partition coefficient (Wildman–Crippen LogP) is 3.98. The Morgan fingerprint density at radius 3 is 2.69 bits per heavy atom. The van der Waals surface area contributed by atoms with E-state index in [9.17, 15) is 18.7 Å². The maximum Gasteiger partial charge on any atom is 0.274 e. The first-order chi connectivity index (χ1) is 15.2. The molecule has 1 saturated carbocycles. The van der Waals surface area contributed by atoms with Crippen LogP contribution in [-0.2, 0) is 13.0 Å². The Balaban J connectivity index is 1.79. The lowest BCUT2D eigenvalue weighted by atomic mass is 9.94. The van der Waals surface area contributed by atoms with E-state index in [1.54, 1.807) is 30.9 Å². The van der Waals surface area contributed by atoms with Gasteiger partial charge in [0.05, 0.1) is 11.8 Å². The second-order valence-corrected chi connectivity index (χ2v) is 8.58. The minimum Gasteiger partial charge on any atom is -0.389 e. The molecule has 0 bridgehead atoms. The highest BCUT2D eigenvalue weighted by atomic mass is 19.1. The second-order valence-electron chi connectivity index (χ2n) is 8.58. The molecule has 0 radical (unpaired) electrons. The molecule has 0 aliphatic heterocycles. The van der Waals surface area contributed by atoms with Crippen LogP contribution in [0.3, 0.4) is 0 Å². The molecule has 1 atom stereocenters. The second kappa shape index (κ2) is 8.78. The van der Waals surface area contributed by atoms with E-state index < -0.39 is 17.7 Å². The first-order valence-electron chi connectivity index (χ1n) is 10.6. The fourth-order valence-electron chi connectivity index (χ4n) is 3.83. The summed E-state index contributed by atoms with van der Waals surface area (Å²) in [6, 6.07) is 5.42. The van der Waals surface area contributed by atoms with Crippen LogP contribution in [0.1, 0.15) is 53.0 Å². The van der Waals surface area contributed by atoms with E-state index >= 15 is 0 Å². The van der Waals surface area contributed by atoms with Gasteiger partial charge in [0.1, 0.15) is 11.6 Å². The molecule has 2 heterocycles. The first kappa shape index (κ1) is 22.1. The number of halogens is 2. The van der Waals surface area contributed by atoms with E-state index in [-0.39, 0.29) is 17.0 Å². The molecular formula is C24H26F2N4O2. The number of pyridine rings is 1. The summed E-state index contributed by atoms with van der Waals surface area (Å²) in [4.78, 5) is 18.6. The summed E-state index contributed by atoms with van der Waals surface area (Å²) in [7, 11) is 3.34. The molecule has 1 amide bonds. The van der Waals surface area contributed by atoms with Crippen LogP contribution in [-0.4, -0.2) is 44.8 Å². The van der Waals surface area contributed by atoms with Crippen LogP contribution in [0.5, 0.6) is 0 Å². The van der Waals surface area contributed by atoms with Crippen LogP contribution >= 0.6 is 0 Å². The molecule has 8 heteroatoms. The van der Waals surface area contributed by atoms with Gasteiger partial charge in [-0.3, -0.25) is 14.5 Å². The lowest BCUT2D eigenvalue weighted by Gasteiger charge is -2.16. The number of nitrogens with zero attached hydrogens (tertiary/aromatic N) is 4. The molecule has 0 spiro atoms. The number of hydrogen-bond donors (Lipinski definition) is 1. The Labute approximate surface area is 185 Å². The number of rotatable bonds is 7. The predicted molar refractivity (Wildman–Crippen MR) is 116 cm³/mol. The molecule has 4 rings (SSSR count). The molecule has 1 aliphatic rings. The third-order valence-electron chi connectivity index (χ3n) is 5.63. The minimum absolute atomic E-state index is 0.0582. The summed E-state index contributed by atoms with van der Waals surface area (Å²) in [5, 5.41) is 14.7. The molecule has 1 fully saturated rings. The van der Waals surface area contributed by atoms with Crippen LogP contribution in [0.4, 0.5) is 8.78 Å². The number of hydrogen-bond acceptors (Lipinski definition) is 4. The third kappa shape index (κ3) is 4.55. The van der Waals surface area contributed by atoms with E-state index in [0.29, 0.717) is 34.9 Å². The molecule has 32 heavy (non-hydrogen) atoms. The van der Waals surface area contributed by atoms with Crippen molar-refractivity contribution in [2.24, 2.45) is 5.92 Å². The zero-order valence-electron chi connectivity index (χ0n) is 18.3. The van der Waals surface area contributed by atoms with Crippen molar-refractivity contribution in [2.45, 2.75) is 38.8 Å². The van der Waals surface area contributed by atoms with Gasteiger partial charge in [0.2, 0.25) is 0 Å². The molecule has 0 saturated heterocycles. The van der Waals surface area contributed by atoms with Crippen molar-refractivity contribution in [3.05, 3.63) is 70.7 Å². The van der Waals surface area contributed by atoms with Crippen LogP contribution in [0.15, 0.2) is 36.7 Å². The molecular weight excluding hydrogens is 414 g/mol. The van der Waals surface area contributed by atoms with Crippen molar-refractivity contribution in [3.8, 4) is 11.3 Å². The number of carbonyl (C=O) groups is 1. The summed E-state index contributed by atoms with van der Waals surface area (Å²) in [6.07, 6.45) is 4.91. The summed E-state index contributed by atoms with van der Waals surface area (Å²) < 4.78 is 30.5. The molecule has 1 aliphatic carbocycles. The molecule has 1 aromatic carbocycles.